The molecule has 0 aliphatic carbocycles. The molecule has 156 valence electrons. The summed E-state index contributed by atoms with van der Waals surface area (Å²) >= 11 is 3.32. The number of sulfonamides is 2. The summed E-state index contributed by atoms with van der Waals surface area (Å²) in [6.45, 7) is 3.22. The predicted molar refractivity (Wildman–Crippen MR) is 113 cm³/mol. The zero-order chi connectivity index (χ0) is 20.8. The van der Waals surface area contributed by atoms with E-state index >= 15 is 0 Å². The van der Waals surface area contributed by atoms with E-state index in [0.717, 1.165) is 4.47 Å². The Balaban J connectivity index is 1.70. The summed E-state index contributed by atoms with van der Waals surface area (Å²) < 4.78 is 61.1. The van der Waals surface area contributed by atoms with Crippen molar-refractivity contribution in [3.63, 3.8) is 0 Å². The Hall–Kier alpha value is -1.46. The van der Waals surface area contributed by atoms with E-state index in [9.17, 15) is 16.8 Å². The molecule has 2 aliphatic rings. The second kappa shape index (κ2) is 7.66. The Labute approximate surface area is 179 Å². The van der Waals surface area contributed by atoms with E-state index in [4.69, 9.17) is 4.74 Å². The standard InChI is InChI=1S/C19H21BrN2O5S2/c1-14-12-15-13-18(28(23,24)21-8-10-27-11-9-21)6-7-19(15)22(14)29(25,26)17-4-2-16(20)3-5-17/h2-7,13-14H,8-12H2,1H3/t14-/m1/s1. The Morgan fingerprint density at radius 1 is 0.931 bits per heavy atom. The minimum atomic E-state index is -3.75. The van der Waals surface area contributed by atoms with Gasteiger partial charge < -0.3 is 4.74 Å². The second-order valence-electron chi connectivity index (χ2n) is 7.11. The van der Waals surface area contributed by atoms with Gasteiger partial charge in [0.1, 0.15) is 0 Å². The average molecular weight is 501 g/mol. The van der Waals surface area contributed by atoms with Crippen molar-refractivity contribution in [1.29, 1.82) is 0 Å². The van der Waals surface area contributed by atoms with Crippen molar-refractivity contribution in [2.75, 3.05) is 30.6 Å². The minimum absolute atomic E-state index is 0.188. The molecule has 0 N–H and O–H groups in total. The minimum Gasteiger partial charge on any atom is -0.379 e. The molecule has 0 aromatic heterocycles. The fraction of sp³-hybridized carbons (Fsp3) is 0.368. The quantitative estimate of drug-likeness (QED) is 0.644. The lowest BCUT2D eigenvalue weighted by Crippen LogP contribution is -2.40. The lowest BCUT2D eigenvalue weighted by atomic mass is 10.1. The third-order valence-electron chi connectivity index (χ3n) is 5.18. The van der Waals surface area contributed by atoms with E-state index in [0.29, 0.717) is 44.0 Å². The highest BCUT2D eigenvalue weighted by molar-refractivity contribution is 9.10. The predicted octanol–water partition coefficient (Wildman–Crippen LogP) is 2.61. The lowest BCUT2D eigenvalue weighted by Gasteiger charge is -2.26. The summed E-state index contributed by atoms with van der Waals surface area (Å²) in [5, 5.41) is 0. The first-order valence-electron chi connectivity index (χ1n) is 9.22. The first-order valence-corrected chi connectivity index (χ1v) is 12.9. The maximum atomic E-state index is 13.2. The van der Waals surface area contributed by atoms with Crippen LogP contribution < -0.4 is 4.31 Å². The van der Waals surface area contributed by atoms with Crippen LogP contribution in [0.25, 0.3) is 0 Å². The van der Waals surface area contributed by atoms with Gasteiger partial charge in [-0.05, 0) is 61.4 Å². The Morgan fingerprint density at radius 2 is 1.55 bits per heavy atom. The zero-order valence-corrected chi connectivity index (χ0v) is 19.0. The van der Waals surface area contributed by atoms with Crippen LogP contribution in [0.4, 0.5) is 5.69 Å². The van der Waals surface area contributed by atoms with Crippen molar-refractivity contribution in [3.05, 3.63) is 52.5 Å². The van der Waals surface area contributed by atoms with Gasteiger partial charge in [0.25, 0.3) is 10.0 Å². The summed E-state index contributed by atoms with van der Waals surface area (Å²) in [5.41, 5.74) is 1.24. The van der Waals surface area contributed by atoms with Gasteiger partial charge in [-0.3, -0.25) is 4.31 Å². The molecule has 2 heterocycles. The van der Waals surface area contributed by atoms with Crippen molar-refractivity contribution in [1.82, 2.24) is 4.31 Å². The van der Waals surface area contributed by atoms with Crippen LogP contribution in [0.3, 0.4) is 0 Å². The molecule has 0 bridgehead atoms. The van der Waals surface area contributed by atoms with Crippen molar-refractivity contribution < 1.29 is 21.6 Å². The molecule has 4 rings (SSSR count). The highest BCUT2D eigenvalue weighted by atomic mass is 79.9. The molecule has 0 radical (unpaired) electrons. The van der Waals surface area contributed by atoms with E-state index in [1.807, 2.05) is 6.92 Å². The number of halogens is 1. The number of ether oxygens (including phenoxy) is 1. The smallest absolute Gasteiger partial charge is 0.264 e. The van der Waals surface area contributed by atoms with Gasteiger partial charge in [-0.1, -0.05) is 15.9 Å². The maximum Gasteiger partial charge on any atom is 0.264 e. The topological polar surface area (TPSA) is 84.0 Å². The Kier molecular flexibility index (Phi) is 5.49. The molecule has 2 aliphatic heterocycles. The average Bonchev–Trinajstić information content (AvgIpc) is 3.04. The number of hydrogen-bond donors (Lipinski definition) is 0. The van der Waals surface area contributed by atoms with Gasteiger partial charge in [0, 0.05) is 23.6 Å². The normalized spacial score (nSPS) is 20.6. The molecule has 2 aromatic carbocycles. The molecule has 29 heavy (non-hydrogen) atoms. The largest absolute Gasteiger partial charge is 0.379 e. The Morgan fingerprint density at radius 3 is 2.21 bits per heavy atom. The number of anilines is 1. The molecular formula is C19H21BrN2O5S2. The van der Waals surface area contributed by atoms with Gasteiger partial charge >= 0.3 is 0 Å². The molecule has 1 saturated heterocycles. The summed E-state index contributed by atoms with van der Waals surface area (Å²) in [7, 11) is -7.38. The lowest BCUT2D eigenvalue weighted by molar-refractivity contribution is 0.0730. The van der Waals surface area contributed by atoms with Crippen LogP contribution in [0.1, 0.15) is 12.5 Å². The molecule has 7 nitrogen and oxygen atoms in total. The van der Waals surface area contributed by atoms with Gasteiger partial charge in [-0.15, -0.1) is 0 Å². The first kappa shape index (κ1) is 20.8. The van der Waals surface area contributed by atoms with Crippen LogP contribution >= 0.6 is 15.9 Å². The third kappa shape index (κ3) is 3.72. The van der Waals surface area contributed by atoms with Crippen LogP contribution in [0.2, 0.25) is 0 Å². The number of benzene rings is 2. The molecule has 0 spiro atoms. The monoisotopic (exact) mass is 500 g/mol. The number of nitrogens with zero attached hydrogens (tertiary/aromatic N) is 2. The maximum absolute atomic E-state index is 13.2. The van der Waals surface area contributed by atoms with E-state index in [-0.39, 0.29) is 15.8 Å². The summed E-state index contributed by atoms with van der Waals surface area (Å²) in [5.74, 6) is 0. The molecular weight excluding hydrogens is 480 g/mol. The summed E-state index contributed by atoms with van der Waals surface area (Å²) in [6, 6.07) is 10.9. The molecule has 0 saturated carbocycles. The second-order valence-corrected chi connectivity index (χ2v) is 11.8. The fourth-order valence-electron chi connectivity index (χ4n) is 3.76. The van der Waals surface area contributed by atoms with Crippen LogP contribution in [-0.4, -0.2) is 53.5 Å². The highest BCUT2D eigenvalue weighted by Gasteiger charge is 2.37. The highest BCUT2D eigenvalue weighted by Crippen LogP contribution is 2.38. The number of hydrogen-bond acceptors (Lipinski definition) is 5. The van der Waals surface area contributed by atoms with Crippen molar-refractivity contribution in [2.24, 2.45) is 0 Å². The van der Waals surface area contributed by atoms with Crippen LogP contribution in [0, 0.1) is 0 Å². The van der Waals surface area contributed by atoms with Gasteiger partial charge in [-0.2, -0.15) is 4.31 Å². The van der Waals surface area contributed by atoms with Crippen molar-refractivity contribution in [2.45, 2.75) is 29.2 Å². The molecule has 0 amide bonds. The van der Waals surface area contributed by atoms with Crippen molar-refractivity contribution >= 4 is 41.7 Å². The van der Waals surface area contributed by atoms with Gasteiger partial charge in [0.2, 0.25) is 10.0 Å². The van der Waals surface area contributed by atoms with E-state index < -0.39 is 20.0 Å². The first-order chi connectivity index (χ1) is 13.7. The number of fused-ring (bicyclic) bond motifs is 1. The number of morpholine rings is 1. The Bertz CT molecular complexity index is 1130. The summed E-state index contributed by atoms with van der Waals surface area (Å²) in [6.07, 6.45) is 0.456. The molecule has 2 aromatic rings. The van der Waals surface area contributed by atoms with Crippen LogP contribution in [-0.2, 0) is 31.2 Å². The van der Waals surface area contributed by atoms with Gasteiger partial charge in [0.15, 0.2) is 0 Å². The van der Waals surface area contributed by atoms with Gasteiger partial charge in [-0.25, -0.2) is 16.8 Å². The van der Waals surface area contributed by atoms with Gasteiger partial charge in [0.05, 0.1) is 28.7 Å². The van der Waals surface area contributed by atoms with E-state index in [1.165, 1.54) is 14.7 Å². The summed E-state index contributed by atoms with van der Waals surface area (Å²) in [4.78, 5) is 0.388. The fourth-order valence-corrected chi connectivity index (χ4v) is 7.18. The van der Waals surface area contributed by atoms with Crippen LogP contribution in [0.15, 0.2) is 56.7 Å². The zero-order valence-electron chi connectivity index (χ0n) is 15.8. The molecule has 0 unspecified atom stereocenters. The van der Waals surface area contributed by atoms with E-state index in [1.54, 1.807) is 36.4 Å². The SMILES string of the molecule is C[C@@H]1Cc2cc(S(=O)(=O)N3CCOCC3)ccc2N1S(=O)(=O)c1ccc(Br)cc1. The molecule has 10 heteroatoms. The molecule has 1 fully saturated rings. The van der Waals surface area contributed by atoms with Crippen molar-refractivity contribution in [3.8, 4) is 0 Å². The van der Waals surface area contributed by atoms with Crippen LogP contribution in [0.5, 0.6) is 0 Å². The van der Waals surface area contributed by atoms with E-state index in [2.05, 4.69) is 15.9 Å². The number of rotatable bonds is 4. The molecule has 1 atom stereocenters. The third-order valence-corrected chi connectivity index (χ3v) is 9.55.